The number of nitrogens with zero attached hydrogens (tertiary/aromatic N) is 2. The number of carbonyl (C=O) groups is 1. The average molecular weight is 439 g/mol. The van der Waals surface area contributed by atoms with Crippen LogP contribution in [0.1, 0.15) is 16.7 Å². The fraction of sp³-hybridized carbons (Fsp3) is 0.316. The standard InChI is InChI=1S/C19H23BrN2O3S/c1-14-5-6-16(15(2)11-14)12-21(3)19(23)13-22(4)26(24,25)18-9-7-17(20)8-10-18/h5-11H,12-13H2,1-4H3. The Labute approximate surface area is 163 Å². The van der Waals surface area contributed by atoms with Crippen molar-refractivity contribution in [3.05, 3.63) is 63.6 Å². The molecule has 0 N–H and O–H groups in total. The molecule has 0 saturated heterocycles. The first kappa shape index (κ1) is 20.6. The summed E-state index contributed by atoms with van der Waals surface area (Å²) in [4.78, 5) is 14.2. The molecule has 0 aliphatic carbocycles. The molecular weight excluding hydrogens is 416 g/mol. The third-order valence-corrected chi connectivity index (χ3v) is 6.56. The first-order chi connectivity index (χ1) is 12.1. The van der Waals surface area contributed by atoms with Crippen LogP contribution in [0.5, 0.6) is 0 Å². The van der Waals surface area contributed by atoms with Crippen LogP contribution < -0.4 is 0 Å². The predicted octanol–water partition coefficient (Wildman–Crippen LogP) is 3.35. The summed E-state index contributed by atoms with van der Waals surface area (Å²) in [5.41, 5.74) is 3.32. The molecule has 2 aromatic carbocycles. The lowest BCUT2D eigenvalue weighted by Crippen LogP contribution is -2.39. The summed E-state index contributed by atoms with van der Waals surface area (Å²) in [5.74, 6) is -0.256. The molecule has 0 saturated carbocycles. The van der Waals surface area contributed by atoms with Gasteiger partial charge in [0.2, 0.25) is 15.9 Å². The fourth-order valence-electron chi connectivity index (χ4n) is 2.55. The Kier molecular flexibility index (Phi) is 6.60. The molecule has 140 valence electrons. The molecule has 0 heterocycles. The zero-order chi connectivity index (χ0) is 19.5. The zero-order valence-electron chi connectivity index (χ0n) is 15.4. The van der Waals surface area contributed by atoms with Crippen LogP contribution >= 0.6 is 15.9 Å². The van der Waals surface area contributed by atoms with Crippen molar-refractivity contribution in [1.82, 2.24) is 9.21 Å². The molecule has 7 heteroatoms. The first-order valence-electron chi connectivity index (χ1n) is 8.13. The predicted molar refractivity (Wildman–Crippen MR) is 106 cm³/mol. The van der Waals surface area contributed by atoms with Gasteiger partial charge < -0.3 is 4.90 Å². The molecule has 0 unspecified atom stereocenters. The van der Waals surface area contributed by atoms with Crippen LogP contribution in [0, 0.1) is 13.8 Å². The number of aryl methyl sites for hydroxylation is 2. The van der Waals surface area contributed by atoms with Crippen LogP contribution in [0.4, 0.5) is 0 Å². The van der Waals surface area contributed by atoms with Gasteiger partial charge in [0.25, 0.3) is 0 Å². The van der Waals surface area contributed by atoms with Crippen LogP contribution in [0.2, 0.25) is 0 Å². The van der Waals surface area contributed by atoms with Gasteiger partial charge in [-0.1, -0.05) is 39.7 Å². The van der Waals surface area contributed by atoms with E-state index in [9.17, 15) is 13.2 Å². The van der Waals surface area contributed by atoms with Crippen LogP contribution in [-0.4, -0.2) is 44.2 Å². The number of halogens is 1. The number of sulfonamides is 1. The quantitative estimate of drug-likeness (QED) is 0.694. The van der Waals surface area contributed by atoms with Crippen LogP contribution in [-0.2, 0) is 21.4 Å². The zero-order valence-corrected chi connectivity index (χ0v) is 17.8. The van der Waals surface area contributed by atoms with E-state index < -0.39 is 10.0 Å². The van der Waals surface area contributed by atoms with E-state index >= 15 is 0 Å². The molecule has 0 bridgehead atoms. The van der Waals surface area contributed by atoms with E-state index in [0.29, 0.717) is 6.54 Å². The van der Waals surface area contributed by atoms with Crippen molar-refractivity contribution in [2.24, 2.45) is 0 Å². The minimum atomic E-state index is -3.71. The summed E-state index contributed by atoms with van der Waals surface area (Å²) in [6, 6.07) is 12.4. The van der Waals surface area contributed by atoms with E-state index in [-0.39, 0.29) is 17.3 Å². The number of amides is 1. The Balaban J connectivity index is 2.06. The van der Waals surface area contributed by atoms with Crippen molar-refractivity contribution in [3.63, 3.8) is 0 Å². The van der Waals surface area contributed by atoms with Crippen LogP contribution in [0.15, 0.2) is 51.8 Å². The highest BCUT2D eigenvalue weighted by atomic mass is 79.9. The smallest absolute Gasteiger partial charge is 0.243 e. The second-order valence-corrected chi connectivity index (χ2v) is 9.36. The molecule has 1 amide bonds. The van der Waals surface area contributed by atoms with Gasteiger partial charge in [-0.05, 0) is 49.2 Å². The van der Waals surface area contributed by atoms with Crippen molar-refractivity contribution in [2.75, 3.05) is 20.6 Å². The number of carbonyl (C=O) groups excluding carboxylic acids is 1. The average Bonchev–Trinajstić information content (AvgIpc) is 2.57. The summed E-state index contributed by atoms with van der Waals surface area (Å²) >= 11 is 3.28. The lowest BCUT2D eigenvalue weighted by Gasteiger charge is -2.22. The molecule has 0 atom stereocenters. The Bertz CT molecular complexity index is 896. The van der Waals surface area contributed by atoms with Gasteiger partial charge in [0, 0.05) is 25.1 Å². The minimum absolute atomic E-state index is 0.160. The number of likely N-dealkylation sites (N-methyl/N-ethyl adjacent to an activating group) is 2. The third kappa shape index (κ3) is 4.93. The van der Waals surface area contributed by atoms with Gasteiger partial charge in [-0.3, -0.25) is 4.79 Å². The summed E-state index contributed by atoms with van der Waals surface area (Å²) in [5, 5.41) is 0. The van der Waals surface area contributed by atoms with Crippen LogP contribution in [0.3, 0.4) is 0 Å². The van der Waals surface area contributed by atoms with Gasteiger partial charge >= 0.3 is 0 Å². The van der Waals surface area contributed by atoms with Gasteiger partial charge in [0.05, 0.1) is 11.4 Å². The molecule has 0 fully saturated rings. The Morgan fingerprint density at radius 3 is 2.23 bits per heavy atom. The normalized spacial score (nSPS) is 11.6. The second kappa shape index (κ2) is 8.33. The number of benzene rings is 2. The monoisotopic (exact) mass is 438 g/mol. The van der Waals surface area contributed by atoms with E-state index in [2.05, 4.69) is 22.0 Å². The SMILES string of the molecule is Cc1ccc(CN(C)C(=O)CN(C)S(=O)(=O)c2ccc(Br)cc2)c(C)c1. The highest BCUT2D eigenvalue weighted by molar-refractivity contribution is 9.10. The summed E-state index contributed by atoms with van der Waals surface area (Å²) in [6.45, 7) is 4.26. The maximum absolute atomic E-state index is 12.6. The first-order valence-corrected chi connectivity index (χ1v) is 10.4. The van der Waals surface area contributed by atoms with Crippen molar-refractivity contribution >= 4 is 31.9 Å². The maximum Gasteiger partial charge on any atom is 0.243 e. The lowest BCUT2D eigenvalue weighted by molar-refractivity contribution is -0.130. The number of rotatable bonds is 6. The van der Waals surface area contributed by atoms with Gasteiger partial charge in [0.15, 0.2) is 0 Å². The molecule has 26 heavy (non-hydrogen) atoms. The number of hydrogen-bond acceptors (Lipinski definition) is 3. The Morgan fingerprint density at radius 1 is 1.04 bits per heavy atom. The molecule has 2 rings (SSSR count). The maximum atomic E-state index is 12.6. The molecule has 0 aliphatic rings. The Morgan fingerprint density at radius 2 is 1.65 bits per heavy atom. The van der Waals surface area contributed by atoms with Crippen molar-refractivity contribution in [2.45, 2.75) is 25.3 Å². The van der Waals surface area contributed by atoms with Crippen molar-refractivity contribution < 1.29 is 13.2 Å². The lowest BCUT2D eigenvalue weighted by atomic mass is 10.1. The van der Waals surface area contributed by atoms with Gasteiger partial charge in [-0.15, -0.1) is 0 Å². The highest BCUT2D eigenvalue weighted by Gasteiger charge is 2.24. The van der Waals surface area contributed by atoms with E-state index in [0.717, 1.165) is 19.9 Å². The molecule has 0 aromatic heterocycles. The number of hydrogen-bond donors (Lipinski definition) is 0. The van der Waals surface area contributed by atoms with E-state index in [1.165, 1.54) is 24.7 Å². The topological polar surface area (TPSA) is 57.7 Å². The molecular formula is C19H23BrN2O3S. The molecule has 0 aliphatic heterocycles. The van der Waals surface area contributed by atoms with Gasteiger partial charge in [-0.2, -0.15) is 4.31 Å². The minimum Gasteiger partial charge on any atom is -0.340 e. The fourth-order valence-corrected chi connectivity index (χ4v) is 3.93. The van der Waals surface area contributed by atoms with Gasteiger partial charge in [-0.25, -0.2) is 8.42 Å². The highest BCUT2D eigenvalue weighted by Crippen LogP contribution is 2.18. The van der Waals surface area contributed by atoms with Crippen molar-refractivity contribution in [1.29, 1.82) is 0 Å². The molecule has 5 nitrogen and oxygen atoms in total. The summed E-state index contributed by atoms with van der Waals surface area (Å²) < 4.78 is 27.1. The Hall–Kier alpha value is -1.70. The van der Waals surface area contributed by atoms with Crippen molar-refractivity contribution in [3.8, 4) is 0 Å². The second-order valence-electron chi connectivity index (χ2n) is 6.39. The van der Waals surface area contributed by atoms with E-state index in [1.807, 2.05) is 26.0 Å². The summed E-state index contributed by atoms with van der Waals surface area (Å²) in [7, 11) is -0.607. The van der Waals surface area contributed by atoms with Gasteiger partial charge in [0.1, 0.15) is 0 Å². The molecule has 0 radical (unpaired) electrons. The summed E-state index contributed by atoms with van der Waals surface area (Å²) in [6.07, 6.45) is 0. The van der Waals surface area contributed by atoms with E-state index in [1.54, 1.807) is 24.1 Å². The van der Waals surface area contributed by atoms with Crippen LogP contribution in [0.25, 0.3) is 0 Å². The molecule has 0 spiro atoms. The molecule has 2 aromatic rings. The third-order valence-electron chi connectivity index (χ3n) is 4.21. The largest absolute Gasteiger partial charge is 0.340 e. The van der Waals surface area contributed by atoms with E-state index in [4.69, 9.17) is 0 Å².